The maximum Gasteiger partial charge on any atom is 0.0645 e. The summed E-state index contributed by atoms with van der Waals surface area (Å²) < 4.78 is 2.29. The number of nitrogens with zero attached hydrogens (tertiary/aromatic N) is 2. The van der Waals surface area contributed by atoms with Gasteiger partial charge in [-0.15, -0.1) is 0 Å². The van der Waals surface area contributed by atoms with Gasteiger partial charge in [-0.3, -0.25) is 4.98 Å². The smallest absolute Gasteiger partial charge is 0.0645 e. The quantitative estimate of drug-likeness (QED) is 0.489. The van der Waals surface area contributed by atoms with Crippen molar-refractivity contribution < 1.29 is 0 Å². The van der Waals surface area contributed by atoms with E-state index in [4.69, 9.17) is 0 Å². The average molecular weight is 286 g/mol. The Labute approximate surface area is 130 Å². The average Bonchev–Trinajstić information content (AvgIpc) is 2.89. The Morgan fingerprint density at radius 3 is 1.86 bits per heavy atom. The van der Waals surface area contributed by atoms with Crippen LogP contribution in [0.15, 0.2) is 66.9 Å². The van der Waals surface area contributed by atoms with Gasteiger partial charge in [-0.05, 0) is 30.2 Å². The Balaban J connectivity index is 2.04. The number of hydrogen-bond acceptors (Lipinski definition) is 1. The lowest BCUT2D eigenvalue weighted by Gasteiger charge is -2.09. The van der Waals surface area contributed by atoms with Crippen molar-refractivity contribution in [3.05, 3.63) is 72.6 Å². The highest BCUT2D eigenvalue weighted by Crippen LogP contribution is 2.31. The molecule has 0 N–H and O–H groups in total. The van der Waals surface area contributed by atoms with Gasteiger partial charge in [0.1, 0.15) is 0 Å². The van der Waals surface area contributed by atoms with Gasteiger partial charge < -0.3 is 4.57 Å². The molecular weight excluding hydrogens is 268 g/mol. The molecule has 0 spiro atoms. The standard InChI is InChI=1S/C20H18N2/c1-14(2)18-12-11-15(13-21-18)22-19-9-5-3-7-16(19)17-8-4-6-10-20(17)22/h3-14H,1-2H3. The van der Waals surface area contributed by atoms with E-state index in [9.17, 15) is 0 Å². The lowest BCUT2D eigenvalue weighted by molar-refractivity contribution is 0.821. The topological polar surface area (TPSA) is 17.8 Å². The van der Waals surface area contributed by atoms with Crippen LogP contribution < -0.4 is 0 Å². The van der Waals surface area contributed by atoms with E-state index in [1.165, 1.54) is 21.8 Å². The first-order valence-electron chi connectivity index (χ1n) is 7.70. The van der Waals surface area contributed by atoms with E-state index in [1.54, 1.807) is 0 Å². The van der Waals surface area contributed by atoms with Crippen LogP contribution in [-0.2, 0) is 0 Å². The van der Waals surface area contributed by atoms with Crippen LogP contribution in [0.25, 0.3) is 27.5 Å². The Kier molecular flexibility index (Phi) is 2.97. The lowest BCUT2D eigenvalue weighted by atomic mass is 10.1. The van der Waals surface area contributed by atoms with Gasteiger partial charge in [-0.25, -0.2) is 0 Å². The summed E-state index contributed by atoms with van der Waals surface area (Å²) in [5, 5.41) is 2.57. The number of rotatable bonds is 2. The van der Waals surface area contributed by atoms with Crippen molar-refractivity contribution in [2.24, 2.45) is 0 Å². The molecule has 2 aromatic heterocycles. The van der Waals surface area contributed by atoms with E-state index >= 15 is 0 Å². The molecule has 22 heavy (non-hydrogen) atoms. The summed E-state index contributed by atoms with van der Waals surface area (Å²) in [6, 6.07) is 21.4. The zero-order chi connectivity index (χ0) is 15.1. The van der Waals surface area contributed by atoms with Gasteiger partial charge in [0.2, 0.25) is 0 Å². The molecule has 0 amide bonds. The minimum atomic E-state index is 0.451. The minimum Gasteiger partial charge on any atom is -0.308 e. The third kappa shape index (κ3) is 1.92. The normalized spacial score (nSPS) is 11.6. The Morgan fingerprint density at radius 1 is 0.773 bits per heavy atom. The van der Waals surface area contributed by atoms with Gasteiger partial charge in [-0.1, -0.05) is 50.2 Å². The van der Waals surface area contributed by atoms with Crippen LogP contribution in [0.5, 0.6) is 0 Å². The molecule has 2 heterocycles. The van der Waals surface area contributed by atoms with Crippen LogP contribution in [0.1, 0.15) is 25.5 Å². The minimum absolute atomic E-state index is 0.451. The molecule has 108 valence electrons. The second-order valence-electron chi connectivity index (χ2n) is 5.97. The Bertz CT molecular complexity index is 893. The zero-order valence-electron chi connectivity index (χ0n) is 12.8. The number of benzene rings is 2. The summed E-state index contributed by atoms with van der Waals surface area (Å²) >= 11 is 0. The van der Waals surface area contributed by atoms with Gasteiger partial charge in [0, 0.05) is 16.5 Å². The molecule has 0 aliphatic heterocycles. The molecule has 0 aliphatic carbocycles. The molecule has 2 heteroatoms. The van der Waals surface area contributed by atoms with Gasteiger partial charge in [0.05, 0.1) is 22.9 Å². The van der Waals surface area contributed by atoms with Crippen LogP contribution in [0.2, 0.25) is 0 Å². The van der Waals surface area contributed by atoms with Crippen LogP contribution in [0.4, 0.5) is 0 Å². The molecule has 0 bridgehead atoms. The number of pyridine rings is 1. The van der Waals surface area contributed by atoms with Crippen molar-refractivity contribution in [2.45, 2.75) is 19.8 Å². The highest BCUT2D eigenvalue weighted by molar-refractivity contribution is 6.09. The summed E-state index contributed by atoms with van der Waals surface area (Å²) in [6.45, 7) is 4.34. The molecule has 0 fully saturated rings. The molecule has 2 nitrogen and oxygen atoms in total. The first kappa shape index (κ1) is 13.1. The fourth-order valence-corrected chi connectivity index (χ4v) is 3.07. The largest absolute Gasteiger partial charge is 0.308 e. The summed E-state index contributed by atoms with van der Waals surface area (Å²) in [4.78, 5) is 4.63. The van der Waals surface area contributed by atoms with E-state index in [2.05, 4.69) is 84.1 Å². The zero-order valence-corrected chi connectivity index (χ0v) is 12.8. The molecular formula is C20H18N2. The summed E-state index contributed by atoms with van der Waals surface area (Å²) in [7, 11) is 0. The van der Waals surface area contributed by atoms with E-state index in [0.717, 1.165) is 11.4 Å². The molecule has 0 unspecified atom stereocenters. The third-order valence-electron chi connectivity index (χ3n) is 4.20. The highest BCUT2D eigenvalue weighted by atomic mass is 15.0. The molecule has 0 aliphatic rings. The highest BCUT2D eigenvalue weighted by Gasteiger charge is 2.11. The first-order valence-corrected chi connectivity index (χ1v) is 7.70. The van der Waals surface area contributed by atoms with E-state index in [-0.39, 0.29) is 0 Å². The number of fused-ring (bicyclic) bond motifs is 3. The fraction of sp³-hybridized carbons (Fsp3) is 0.150. The molecule has 2 aromatic carbocycles. The summed E-state index contributed by atoms with van der Waals surface area (Å²) in [6.07, 6.45) is 1.98. The van der Waals surface area contributed by atoms with Crippen molar-refractivity contribution >= 4 is 21.8 Å². The lowest BCUT2D eigenvalue weighted by Crippen LogP contribution is -1.97. The maximum absolute atomic E-state index is 4.63. The second-order valence-corrected chi connectivity index (χ2v) is 5.97. The first-order chi connectivity index (χ1) is 10.8. The predicted molar refractivity (Wildman–Crippen MR) is 92.7 cm³/mol. The van der Waals surface area contributed by atoms with Gasteiger partial charge in [0.25, 0.3) is 0 Å². The van der Waals surface area contributed by atoms with Crippen molar-refractivity contribution in [3.63, 3.8) is 0 Å². The number of aromatic nitrogens is 2. The van der Waals surface area contributed by atoms with Crippen molar-refractivity contribution in [2.75, 3.05) is 0 Å². The van der Waals surface area contributed by atoms with Crippen LogP contribution in [0.3, 0.4) is 0 Å². The Morgan fingerprint density at radius 2 is 1.36 bits per heavy atom. The molecule has 4 rings (SSSR count). The number of hydrogen-bond donors (Lipinski definition) is 0. The molecule has 0 saturated heterocycles. The monoisotopic (exact) mass is 286 g/mol. The van der Waals surface area contributed by atoms with Gasteiger partial charge in [0.15, 0.2) is 0 Å². The van der Waals surface area contributed by atoms with Crippen molar-refractivity contribution in [1.29, 1.82) is 0 Å². The SMILES string of the molecule is CC(C)c1ccc(-n2c3ccccc3c3ccccc32)cn1. The van der Waals surface area contributed by atoms with E-state index in [1.807, 2.05) is 6.20 Å². The Hall–Kier alpha value is -2.61. The summed E-state index contributed by atoms with van der Waals surface area (Å²) in [5.41, 5.74) is 4.69. The second kappa shape index (κ2) is 4.99. The predicted octanol–water partition coefficient (Wildman–Crippen LogP) is 5.30. The van der Waals surface area contributed by atoms with Crippen molar-refractivity contribution in [1.82, 2.24) is 9.55 Å². The maximum atomic E-state index is 4.63. The van der Waals surface area contributed by atoms with E-state index < -0.39 is 0 Å². The fourth-order valence-electron chi connectivity index (χ4n) is 3.07. The van der Waals surface area contributed by atoms with Crippen LogP contribution in [-0.4, -0.2) is 9.55 Å². The van der Waals surface area contributed by atoms with Crippen LogP contribution >= 0.6 is 0 Å². The molecule has 0 saturated carbocycles. The van der Waals surface area contributed by atoms with Gasteiger partial charge in [-0.2, -0.15) is 0 Å². The third-order valence-corrected chi connectivity index (χ3v) is 4.20. The molecule has 0 radical (unpaired) electrons. The molecule has 0 atom stereocenters. The van der Waals surface area contributed by atoms with Crippen LogP contribution in [0, 0.1) is 0 Å². The van der Waals surface area contributed by atoms with Crippen molar-refractivity contribution in [3.8, 4) is 5.69 Å². The van der Waals surface area contributed by atoms with E-state index in [0.29, 0.717) is 5.92 Å². The number of para-hydroxylation sites is 2. The van der Waals surface area contributed by atoms with Gasteiger partial charge >= 0.3 is 0 Å². The molecule has 4 aromatic rings. The summed E-state index contributed by atoms with van der Waals surface area (Å²) in [5.74, 6) is 0.451.